The topological polar surface area (TPSA) is 25.2 Å². The molecule has 0 aliphatic rings. The van der Waals surface area contributed by atoms with Gasteiger partial charge in [0.05, 0.1) is 10.7 Å². The van der Waals surface area contributed by atoms with E-state index in [4.69, 9.17) is 4.42 Å². The number of halogens is 2. The summed E-state index contributed by atoms with van der Waals surface area (Å²) in [6, 6.07) is 3.20. The normalized spacial score (nSPS) is 11.2. The molecule has 1 aromatic carbocycles. The number of hydrogen-bond donors (Lipinski definition) is 1. The average molecular weight is 300 g/mol. The number of fused-ring (bicyclic) bond motifs is 1. The molecule has 1 aromatic heterocycles. The lowest BCUT2D eigenvalue weighted by Crippen LogP contribution is -2.17. The fraction of sp³-hybridized carbons (Fsp3) is 0.385. The van der Waals surface area contributed by atoms with Crippen molar-refractivity contribution in [3.8, 4) is 0 Å². The number of hydrogen-bond acceptors (Lipinski definition) is 2. The van der Waals surface area contributed by atoms with Gasteiger partial charge in [-0.05, 0) is 53.5 Å². The first-order valence-electron chi connectivity index (χ1n) is 5.78. The van der Waals surface area contributed by atoms with Gasteiger partial charge in [-0.3, -0.25) is 0 Å². The lowest BCUT2D eigenvalue weighted by Gasteiger charge is -2.01. The summed E-state index contributed by atoms with van der Waals surface area (Å²) < 4.78 is 19.1. The Balaban J connectivity index is 2.15. The van der Waals surface area contributed by atoms with E-state index in [2.05, 4.69) is 28.2 Å². The van der Waals surface area contributed by atoms with Crippen LogP contribution in [0.2, 0.25) is 0 Å². The molecular weight excluding hydrogens is 285 g/mol. The summed E-state index contributed by atoms with van der Waals surface area (Å²) in [6.07, 6.45) is 3.73. The zero-order valence-electron chi connectivity index (χ0n) is 9.72. The maximum Gasteiger partial charge on any atom is 0.141 e. The zero-order valence-corrected chi connectivity index (χ0v) is 11.3. The fourth-order valence-electron chi connectivity index (χ4n) is 1.79. The van der Waals surface area contributed by atoms with Crippen molar-refractivity contribution in [2.24, 2.45) is 0 Å². The molecule has 2 rings (SSSR count). The Hall–Kier alpha value is -0.870. The van der Waals surface area contributed by atoms with Gasteiger partial charge in [0.15, 0.2) is 0 Å². The maximum atomic E-state index is 13.3. The predicted molar refractivity (Wildman–Crippen MR) is 70.7 cm³/mol. The summed E-state index contributed by atoms with van der Waals surface area (Å²) in [5.74, 6) is -0.289. The van der Waals surface area contributed by atoms with Gasteiger partial charge in [-0.2, -0.15) is 0 Å². The fourth-order valence-corrected chi connectivity index (χ4v) is 2.14. The van der Waals surface area contributed by atoms with Crippen molar-refractivity contribution < 1.29 is 8.81 Å². The number of nitrogens with one attached hydrogen (secondary N) is 1. The van der Waals surface area contributed by atoms with E-state index in [1.807, 2.05) is 0 Å². The van der Waals surface area contributed by atoms with Crippen LogP contribution in [0, 0.1) is 5.82 Å². The standard InChI is InChI=1S/C13H15BrFNO/c1-2-4-16-5-3-9-8-17-13-7-12(15)11(14)6-10(9)13/h6-8,16H,2-5H2,1H3. The second-order valence-electron chi connectivity index (χ2n) is 4.02. The summed E-state index contributed by atoms with van der Waals surface area (Å²) >= 11 is 3.20. The molecule has 0 saturated heterocycles. The summed E-state index contributed by atoms with van der Waals surface area (Å²) in [5, 5.41) is 4.32. The van der Waals surface area contributed by atoms with Crippen molar-refractivity contribution in [3.05, 3.63) is 34.2 Å². The second kappa shape index (κ2) is 5.65. The van der Waals surface area contributed by atoms with Crippen LogP contribution >= 0.6 is 15.9 Å². The van der Waals surface area contributed by atoms with Gasteiger partial charge in [0, 0.05) is 11.5 Å². The predicted octanol–water partition coefficient (Wildman–Crippen LogP) is 3.88. The van der Waals surface area contributed by atoms with E-state index in [0.29, 0.717) is 10.1 Å². The lowest BCUT2D eigenvalue weighted by molar-refractivity contribution is 0.591. The molecule has 1 N–H and O–H groups in total. The number of furan rings is 1. The van der Waals surface area contributed by atoms with Crippen molar-refractivity contribution >= 4 is 26.9 Å². The highest BCUT2D eigenvalue weighted by Gasteiger charge is 2.09. The molecule has 1 heterocycles. The van der Waals surface area contributed by atoms with E-state index < -0.39 is 0 Å². The first kappa shape index (κ1) is 12.6. The second-order valence-corrected chi connectivity index (χ2v) is 4.88. The van der Waals surface area contributed by atoms with Crippen molar-refractivity contribution in [1.82, 2.24) is 5.32 Å². The van der Waals surface area contributed by atoms with Gasteiger partial charge in [-0.25, -0.2) is 4.39 Å². The van der Waals surface area contributed by atoms with Crippen LogP contribution in [0.25, 0.3) is 11.0 Å². The van der Waals surface area contributed by atoms with Crippen LogP contribution in [-0.2, 0) is 6.42 Å². The van der Waals surface area contributed by atoms with E-state index in [1.165, 1.54) is 6.07 Å². The van der Waals surface area contributed by atoms with Gasteiger partial charge < -0.3 is 9.73 Å². The third-order valence-electron chi connectivity index (χ3n) is 2.69. The van der Waals surface area contributed by atoms with Crippen molar-refractivity contribution in [1.29, 1.82) is 0 Å². The molecular formula is C13H15BrFNO. The Kier molecular flexibility index (Phi) is 4.18. The van der Waals surface area contributed by atoms with E-state index in [-0.39, 0.29) is 5.82 Å². The van der Waals surface area contributed by atoms with Crippen LogP contribution in [0.15, 0.2) is 27.3 Å². The van der Waals surface area contributed by atoms with Crippen LogP contribution < -0.4 is 5.32 Å². The van der Waals surface area contributed by atoms with E-state index in [0.717, 1.165) is 36.9 Å². The van der Waals surface area contributed by atoms with Crippen LogP contribution in [0.1, 0.15) is 18.9 Å². The third-order valence-corrected chi connectivity index (χ3v) is 3.30. The molecule has 4 heteroatoms. The molecule has 17 heavy (non-hydrogen) atoms. The molecule has 0 bridgehead atoms. The Morgan fingerprint density at radius 1 is 1.35 bits per heavy atom. The number of rotatable bonds is 5. The first-order valence-corrected chi connectivity index (χ1v) is 6.57. The number of benzene rings is 1. The van der Waals surface area contributed by atoms with Gasteiger partial charge in [-0.1, -0.05) is 6.92 Å². The Labute approximate surface area is 108 Å². The molecule has 92 valence electrons. The van der Waals surface area contributed by atoms with Gasteiger partial charge >= 0.3 is 0 Å². The van der Waals surface area contributed by atoms with Gasteiger partial charge in [0.25, 0.3) is 0 Å². The lowest BCUT2D eigenvalue weighted by atomic mass is 10.1. The van der Waals surface area contributed by atoms with E-state index in [9.17, 15) is 4.39 Å². The van der Waals surface area contributed by atoms with Gasteiger partial charge in [0.1, 0.15) is 11.4 Å². The van der Waals surface area contributed by atoms with Crippen molar-refractivity contribution in [3.63, 3.8) is 0 Å². The molecule has 0 aliphatic carbocycles. The Bertz CT molecular complexity index is 509. The van der Waals surface area contributed by atoms with Crippen LogP contribution in [0.4, 0.5) is 4.39 Å². The molecule has 0 saturated carbocycles. The van der Waals surface area contributed by atoms with Crippen LogP contribution in [0.5, 0.6) is 0 Å². The van der Waals surface area contributed by atoms with E-state index >= 15 is 0 Å². The van der Waals surface area contributed by atoms with E-state index in [1.54, 1.807) is 12.3 Å². The minimum atomic E-state index is -0.289. The molecule has 0 aliphatic heterocycles. The monoisotopic (exact) mass is 299 g/mol. The first-order chi connectivity index (χ1) is 8.22. The minimum absolute atomic E-state index is 0.289. The summed E-state index contributed by atoms with van der Waals surface area (Å²) in [4.78, 5) is 0. The SMILES string of the molecule is CCCNCCc1coc2cc(F)c(Br)cc12. The molecule has 0 unspecified atom stereocenters. The van der Waals surface area contributed by atoms with Crippen LogP contribution in [0.3, 0.4) is 0 Å². The van der Waals surface area contributed by atoms with Crippen LogP contribution in [-0.4, -0.2) is 13.1 Å². The Morgan fingerprint density at radius 3 is 2.94 bits per heavy atom. The van der Waals surface area contributed by atoms with Gasteiger partial charge in [0.2, 0.25) is 0 Å². The highest BCUT2D eigenvalue weighted by molar-refractivity contribution is 9.10. The summed E-state index contributed by atoms with van der Waals surface area (Å²) in [5.41, 5.74) is 1.72. The quantitative estimate of drug-likeness (QED) is 0.848. The summed E-state index contributed by atoms with van der Waals surface area (Å²) in [7, 11) is 0. The largest absolute Gasteiger partial charge is 0.464 e. The molecule has 0 spiro atoms. The average Bonchev–Trinajstić information content (AvgIpc) is 2.68. The van der Waals surface area contributed by atoms with Crippen molar-refractivity contribution in [2.45, 2.75) is 19.8 Å². The van der Waals surface area contributed by atoms with Crippen molar-refractivity contribution in [2.75, 3.05) is 13.1 Å². The molecule has 0 amide bonds. The smallest absolute Gasteiger partial charge is 0.141 e. The minimum Gasteiger partial charge on any atom is -0.464 e. The Morgan fingerprint density at radius 2 is 2.18 bits per heavy atom. The zero-order chi connectivity index (χ0) is 12.3. The highest BCUT2D eigenvalue weighted by Crippen LogP contribution is 2.27. The molecule has 0 radical (unpaired) electrons. The molecule has 2 nitrogen and oxygen atoms in total. The molecule has 0 fully saturated rings. The van der Waals surface area contributed by atoms with Gasteiger partial charge in [-0.15, -0.1) is 0 Å². The summed E-state index contributed by atoms with van der Waals surface area (Å²) in [6.45, 7) is 4.08. The highest BCUT2D eigenvalue weighted by atomic mass is 79.9. The molecule has 0 atom stereocenters. The third kappa shape index (κ3) is 2.87. The maximum absolute atomic E-state index is 13.3. The molecule has 2 aromatic rings.